The number of ether oxygens (including phenoxy) is 2. The number of amides is 2. The average molecular weight is 542 g/mol. The van der Waals surface area contributed by atoms with Gasteiger partial charge in [0.25, 0.3) is 11.8 Å². The molecule has 0 atom stereocenters. The molecule has 10 heteroatoms. The Labute approximate surface area is 232 Å². The molecule has 2 heterocycles. The van der Waals surface area contributed by atoms with Crippen LogP contribution in [0.15, 0.2) is 77.3 Å². The van der Waals surface area contributed by atoms with Crippen molar-refractivity contribution < 1.29 is 23.6 Å². The summed E-state index contributed by atoms with van der Waals surface area (Å²) in [6.45, 7) is 3.19. The van der Waals surface area contributed by atoms with Gasteiger partial charge in [-0.2, -0.15) is 4.98 Å². The third-order valence-electron chi connectivity index (χ3n) is 6.50. The van der Waals surface area contributed by atoms with E-state index in [1.54, 1.807) is 25.3 Å². The van der Waals surface area contributed by atoms with Crippen LogP contribution in [0.4, 0.5) is 11.4 Å². The van der Waals surface area contributed by atoms with Crippen LogP contribution in [-0.2, 0) is 20.7 Å². The molecule has 1 aromatic heterocycles. The van der Waals surface area contributed by atoms with Crippen LogP contribution in [0.1, 0.15) is 16.2 Å². The zero-order chi connectivity index (χ0) is 27.7. The van der Waals surface area contributed by atoms with E-state index in [1.165, 1.54) is 0 Å². The lowest BCUT2D eigenvalue weighted by Gasteiger charge is -2.25. The van der Waals surface area contributed by atoms with Gasteiger partial charge >= 0.3 is 0 Å². The van der Waals surface area contributed by atoms with Crippen molar-refractivity contribution in [3.63, 3.8) is 0 Å². The van der Waals surface area contributed by atoms with Gasteiger partial charge in [0.1, 0.15) is 0 Å². The number of aromatic nitrogens is 2. The minimum absolute atomic E-state index is 0.204. The lowest BCUT2D eigenvalue weighted by atomic mass is 10.1. The Morgan fingerprint density at radius 1 is 0.950 bits per heavy atom. The lowest BCUT2D eigenvalue weighted by Crippen LogP contribution is -2.41. The van der Waals surface area contributed by atoms with Gasteiger partial charge in [-0.15, -0.1) is 0 Å². The molecule has 1 aliphatic rings. The highest BCUT2D eigenvalue weighted by molar-refractivity contribution is 6.06. The number of anilines is 2. The van der Waals surface area contributed by atoms with E-state index in [9.17, 15) is 9.59 Å². The monoisotopic (exact) mass is 541 g/mol. The van der Waals surface area contributed by atoms with Gasteiger partial charge in [-0.1, -0.05) is 47.6 Å². The average Bonchev–Trinajstić information content (AvgIpc) is 3.46. The molecule has 1 fully saturated rings. The molecule has 0 radical (unpaired) electrons. The van der Waals surface area contributed by atoms with Gasteiger partial charge in [0.2, 0.25) is 5.91 Å². The summed E-state index contributed by atoms with van der Waals surface area (Å²) in [5.74, 6) is 0.213. The van der Waals surface area contributed by atoms with E-state index in [0.717, 1.165) is 11.1 Å². The molecule has 2 N–H and O–H groups in total. The second-order valence-electron chi connectivity index (χ2n) is 9.35. The number of morpholine rings is 1. The third kappa shape index (κ3) is 6.97. The van der Waals surface area contributed by atoms with Gasteiger partial charge < -0.3 is 24.6 Å². The fourth-order valence-electron chi connectivity index (χ4n) is 4.37. The first kappa shape index (κ1) is 27.2. The maximum absolute atomic E-state index is 13.2. The lowest BCUT2D eigenvalue weighted by molar-refractivity contribution is -0.118. The summed E-state index contributed by atoms with van der Waals surface area (Å²) in [4.78, 5) is 32.6. The highest BCUT2D eigenvalue weighted by Crippen LogP contribution is 2.29. The van der Waals surface area contributed by atoms with Crippen molar-refractivity contribution in [2.75, 3.05) is 57.2 Å². The molecule has 0 aliphatic carbocycles. The zero-order valence-electron chi connectivity index (χ0n) is 22.3. The van der Waals surface area contributed by atoms with Crippen molar-refractivity contribution in [2.24, 2.45) is 0 Å². The molecular weight excluding hydrogens is 510 g/mol. The largest absolute Gasteiger partial charge is 0.384 e. The molecule has 1 saturated heterocycles. The van der Waals surface area contributed by atoms with E-state index in [0.29, 0.717) is 67.7 Å². The normalized spacial score (nSPS) is 13.6. The summed E-state index contributed by atoms with van der Waals surface area (Å²) in [5.41, 5.74) is 4.11. The third-order valence-corrected chi connectivity index (χ3v) is 6.50. The van der Waals surface area contributed by atoms with Crippen molar-refractivity contribution in [1.29, 1.82) is 0 Å². The fourth-order valence-corrected chi connectivity index (χ4v) is 4.37. The summed E-state index contributed by atoms with van der Waals surface area (Å²) in [7, 11) is 1.60. The molecule has 3 aromatic carbocycles. The maximum Gasteiger partial charge on any atom is 0.260 e. The molecule has 0 unspecified atom stereocenters. The van der Waals surface area contributed by atoms with E-state index >= 15 is 0 Å². The van der Waals surface area contributed by atoms with Gasteiger partial charge in [-0.3, -0.25) is 14.5 Å². The van der Waals surface area contributed by atoms with Crippen molar-refractivity contribution in [2.45, 2.75) is 6.42 Å². The summed E-state index contributed by atoms with van der Waals surface area (Å²) in [5, 5.41) is 9.88. The van der Waals surface area contributed by atoms with Crippen LogP contribution in [0.3, 0.4) is 0 Å². The number of methoxy groups -OCH3 is 1. The smallest absolute Gasteiger partial charge is 0.260 e. The standard InChI is InChI=1S/C30H31N5O5/c1-38-16-13-27-33-30(40-34-27)25-12-9-23(19-26(25)32-28(36)20-35-14-17-39-18-15-35)29(37)31-24-10-7-22(8-11-24)21-5-3-2-4-6-21/h2-12,19H,13-18,20H2,1H3,(H,31,37)(H,32,36). The van der Waals surface area contributed by atoms with Crippen molar-refractivity contribution in [3.05, 3.63) is 84.2 Å². The molecule has 5 rings (SSSR count). The number of nitrogens with zero attached hydrogens (tertiary/aromatic N) is 3. The summed E-state index contributed by atoms with van der Waals surface area (Å²) < 4.78 is 15.9. The minimum atomic E-state index is -0.311. The Morgan fingerprint density at radius 2 is 1.70 bits per heavy atom. The minimum Gasteiger partial charge on any atom is -0.384 e. The Bertz CT molecular complexity index is 1430. The molecule has 40 heavy (non-hydrogen) atoms. The molecule has 10 nitrogen and oxygen atoms in total. The topological polar surface area (TPSA) is 119 Å². The number of nitrogens with one attached hydrogen (secondary N) is 2. The second kappa shape index (κ2) is 13.1. The van der Waals surface area contributed by atoms with Gasteiger partial charge in [-0.05, 0) is 41.5 Å². The molecule has 4 aromatic rings. The van der Waals surface area contributed by atoms with Crippen LogP contribution in [0.25, 0.3) is 22.6 Å². The Morgan fingerprint density at radius 3 is 2.45 bits per heavy atom. The van der Waals surface area contributed by atoms with E-state index < -0.39 is 0 Å². The van der Waals surface area contributed by atoms with E-state index in [1.807, 2.05) is 59.5 Å². The van der Waals surface area contributed by atoms with E-state index in [-0.39, 0.29) is 24.2 Å². The Kier molecular flexibility index (Phi) is 8.92. The quantitative estimate of drug-likeness (QED) is 0.308. The first-order chi connectivity index (χ1) is 19.6. The molecule has 1 aliphatic heterocycles. The first-order valence-electron chi connectivity index (χ1n) is 13.1. The summed E-state index contributed by atoms with van der Waals surface area (Å²) in [6, 6.07) is 22.7. The SMILES string of the molecule is COCCc1noc(-c2ccc(C(=O)Nc3ccc(-c4ccccc4)cc3)cc2NC(=O)CN2CCOCC2)n1. The highest BCUT2D eigenvalue weighted by Gasteiger charge is 2.20. The van der Waals surface area contributed by atoms with Crippen LogP contribution in [0, 0.1) is 0 Å². The molecule has 206 valence electrons. The predicted octanol–water partition coefficient (Wildman–Crippen LogP) is 4.12. The van der Waals surface area contributed by atoms with Crippen LogP contribution >= 0.6 is 0 Å². The predicted molar refractivity (Wildman–Crippen MR) is 151 cm³/mol. The van der Waals surface area contributed by atoms with Gasteiger partial charge in [-0.25, -0.2) is 0 Å². The van der Waals surface area contributed by atoms with Crippen molar-refractivity contribution in [1.82, 2.24) is 15.0 Å². The molecule has 2 amide bonds. The van der Waals surface area contributed by atoms with Gasteiger partial charge in [0.15, 0.2) is 5.82 Å². The van der Waals surface area contributed by atoms with Crippen LogP contribution in [0.2, 0.25) is 0 Å². The Hall–Kier alpha value is -4.38. The highest BCUT2D eigenvalue weighted by atomic mass is 16.5. The second-order valence-corrected chi connectivity index (χ2v) is 9.35. The molecular formula is C30H31N5O5. The van der Waals surface area contributed by atoms with E-state index in [4.69, 9.17) is 14.0 Å². The van der Waals surface area contributed by atoms with Gasteiger partial charge in [0, 0.05) is 37.9 Å². The molecule has 0 spiro atoms. The Balaban J connectivity index is 1.35. The van der Waals surface area contributed by atoms with Gasteiger partial charge in [0.05, 0.1) is 37.6 Å². The molecule has 0 bridgehead atoms. The maximum atomic E-state index is 13.2. The van der Waals surface area contributed by atoms with E-state index in [2.05, 4.69) is 20.8 Å². The van der Waals surface area contributed by atoms with Crippen molar-refractivity contribution >= 4 is 23.2 Å². The number of carbonyl (C=O) groups excluding carboxylic acids is 2. The first-order valence-corrected chi connectivity index (χ1v) is 13.1. The van der Waals surface area contributed by atoms with Crippen LogP contribution < -0.4 is 10.6 Å². The number of benzene rings is 3. The van der Waals surface area contributed by atoms with Crippen molar-refractivity contribution in [3.8, 4) is 22.6 Å². The number of rotatable bonds is 10. The van der Waals surface area contributed by atoms with Crippen LogP contribution in [0.5, 0.6) is 0 Å². The summed E-state index contributed by atoms with van der Waals surface area (Å²) in [6.07, 6.45) is 0.488. The zero-order valence-corrected chi connectivity index (χ0v) is 22.3. The number of carbonyl (C=O) groups is 2. The fraction of sp³-hybridized carbons (Fsp3) is 0.267. The number of hydrogen-bond donors (Lipinski definition) is 2. The summed E-state index contributed by atoms with van der Waals surface area (Å²) >= 11 is 0. The molecule has 0 saturated carbocycles. The number of hydrogen-bond acceptors (Lipinski definition) is 8. The van der Waals surface area contributed by atoms with Crippen LogP contribution in [-0.4, -0.2) is 73.4 Å².